The van der Waals surface area contributed by atoms with Crippen molar-refractivity contribution in [2.24, 2.45) is 0 Å². The van der Waals surface area contributed by atoms with Gasteiger partial charge in [0.1, 0.15) is 0 Å². The van der Waals surface area contributed by atoms with Crippen molar-refractivity contribution in [1.82, 2.24) is 4.90 Å². The van der Waals surface area contributed by atoms with E-state index in [1.807, 2.05) is 0 Å². The largest absolute Gasteiger partial charge is 0.304 e. The molecule has 0 saturated carbocycles. The van der Waals surface area contributed by atoms with E-state index in [4.69, 9.17) is 6.92 Å². The first kappa shape index (κ1) is 7.96. The van der Waals surface area contributed by atoms with E-state index in [1.54, 1.807) is 0 Å². The van der Waals surface area contributed by atoms with E-state index in [2.05, 4.69) is 18.7 Å². The zero-order valence-electron chi connectivity index (χ0n) is 5.85. The molecule has 0 fully saturated rings. The number of hydrogen-bond acceptors (Lipinski definition) is 1. The van der Waals surface area contributed by atoms with Crippen molar-refractivity contribution >= 4 is 0 Å². The third kappa shape index (κ3) is 3.03. The highest BCUT2D eigenvalue weighted by Crippen LogP contribution is 1.87. The highest BCUT2D eigenvalue weighted by molar-refractivity contribution is 4.51. The van der Waals surface area contributed by atoms with Gasteiger partial charge in [0.05, 0.1) is 0 Å². The highest BCUT2D eigenvalue weighted by Gasteiger charge is 1.92. The van der Waals surface area contributed by atoms with E-state index >= 15 is 0 Å². The molecule has 0 aromatic heterocycles. The van der Waals surface area contributed by atoms with Gasteiger partial charge in [0, 0.05) is 0 Å². The fraction of sp³-hybridized carbons (Fsp3) is 0.857. The normalized spacial score (nSPS) is 10.5. The molecule has 0 aromatic carbocycles. The molecule has 8 heavy (non-hydrogen) atoms. The summed E-state index contributed by atoms with van der Waals surface area (Å²) in [5, 5.41) is 0. The fourth-order valence-electron chi connectivity index (χ4n) is 0.722. The summed E-state index contributed by atoms with van der Waals surface area (Å²) in [6.45, 7) is 12.9. The van der Waals surface area contributed by atoms with E-state index < -0.39 is 0 Å². The van der Waals surface area contributed by atoms with Crippen molar-refractivity contribution in [3.63, 3.8) is 0 Å². The third-order valence-corrected chi connectivity index (χ3v) is 1.34. The predicted octanol–water partition coefficient (Wildman–Crippen LogP) is 1.43. The second kappa shape index (κ2) is 5.10. The van der Waals surface area contributed by atoms with Gasteiger partial charge in [0.15, 0.2) is 0 Å². The average Bonchev–Trinajstić information content (AvgIpc) is 1.83. The van der Waals surface area contributed by atoms with E-state index in [-0.39, 0.29) is 0 Å². The Morgan fingerprint density at radius 3 is 1.88 bits per heavy atom. The van der Waals surface area contributed by atoms with Gasteiger partial charge in [-0.15, -0.1) is 0 Å². The maximum atomic E-state index is 5.34. The molecule has 0 heterocycles. The summed E-state index contributed by atoms with van der Waals surface area (Å²) in [5.74, 6) is 0. The Morgan fingerprint density at radius 1 is 1.25 bits per heavy atom. The van der Waals surface area contributed by atoms with Gasteiger partial charge in [0.2, 0.25) is 0 Å². The molecule has 0 aliphatic heterocycles. The average molecular weight is 113 g/mol. The Labute approximate surface area is 52.7 Å². The summed E-state index contributed by atoms with van der Waals surface area (Å²) in [6.07, 6.45) is 0.779. The van der Waals surface area contributed by atoms with Gasteiger partial charge in [-0.3, -0.25) is 0 Å². The van der Waals surface area contributed by atoms with Crippen LogP contribution < -0.4 is 0 Å². The monoisotopic (exact) mass is 113 g/mol. The van der Waals surface area contributed by atoms with Crippen molar-refractivity contribution in [1.29, 1.82) is 0 Å². The Morgan fingerprint density at radius 2 is 1.75 bits per heavy atom. The van der Waals surface area contributed by atoms with E-state index in [0.29, 0.717) is 0 Å². The third-order valence-electron chi connectivity index (χ3n) is 1.34. The molecule has 0 aliphatic rings. The standard InChI is InChI=1S/C7H15N/c1-4-7-8(5-2)6-3/h1H,4-7H2,2-3H3. The molecule has 0 N–H and O–H groups in total. The molecule has 0 unspecified atom stereocenters. The smallest absolute Gasteiger partial charge is 0.00161 e. The van der Waals surface area contributed by atoms with Crippen molar-refractivity contribution < 1.29 is 0 Å². The molecule has 0 amide bonds. The molecule has 1 nitrogen and oxygen atoms in total. The van der Waals surface area contributed by atoms with Gasteiger partial charge < -0.3 is 4.90 Å². The van der Waals surface area contributed by atoms with E-state index in [1.165, 1.54) is 0 Å². The minimum atomic E-state index is 0.779. The summed E-state index contributed by atoms with van der Waals surface area (Å²) in [4.78, 5) is 2.31. The quantitative estimate of drug-likeness (QED) is 0.533. The molecule has 48 valence electrons. The summed E-state index contributed by atoms with van der Waals surface area (Å²) in [6, 6.07) is 0. The highest BCUT2D eigenvalue weighted by atomic mass is 15.1. The molecule has 0 saturated heterocycles. The number of rotatable bonds is 4. The first-order chi connectivity index (χ1) is 3.85. The minimum absolute atomic E-state index is 0.779. The van der Waals surface area contributed by atoms with Crippen LogP contribution >= 0.6 is 0 Å². The van der Waals surface area contributed by atoms with Crippen molar-refractivity contribution in [3.05, 3.63) is 6.92 Å². The molecule has 0 spiro atoms. The SMILES string of the molecule is [CH]CCN(CC)CC. The van der Waals surface area contributed by atoms with Crippen molar-refractivity contribution in [2.45, 2.75) is 20.3 Å². The van der Waals surface area contributed by atoms with Crippen molar-refractivity contribution in [2.75, 3.05) is 19.6 Å². The first-order valence-corrected chi connectivity index (χ1v) is 3.27. The van der Waals surface area contributed by atoms with Crippen LogP contribution in [0.15, 0.2) is 0 Å². The van der Waals surface area contributed by atoms with E-state index in [0.717, 1.165) is 26.1 Å². The molecule has 1 heteroatoms. The van der Waals surface area contributed by atoms with Crippen LogP contribution in [-0.4, -0.2) is 24.5 Å². The van der Waals surface area contributed by atoms with Crippen LogP contribution in [0, 0.1) is 6.92 Å². The van der Waals surface area contributed by atoms with Gasteiger partial charge in [-0.1, -0.05) is 13.8 Å². The Hall–Kier alpha value is -0.0400. The first-order valence-electron chi connectivity index (χ1n) is 3.27. The van der Waals surface area contributed by atoms with Crippen LogP contribution in [0.25, 0.3) is 0 Å². The lowest BCUT2D eigenvalue weighted by atomic mass is 10.4. The van der Waals surface area contributed by atoms with Gasteiger partial charge >= 0.3 is 0 Å². The summed E-state index contributed by atoms with van der Waals surface area (Å²) >= 11 is 0. The molecular formula is C7H15N. The second-order valence-corrected chi connectivity index (χ2v) is 1.82. The molecule has 0 aliphatic carbocycles. The topological polar surface area (TPSA) is 3.24 Å². The summed E-state index contributed by atoms with van der Waals surface area (Å²) < 4.78 is 0. The molecular weight excluding hydrogens is 98.1 g/mol. The van der Waals surface area contributed by atoms with Gasteiger partial charge in [-0.25, -0.2) is 0 Å². The van der Waals surface area contributed by atoms with Crippen LogP contribution in [0.1, 0.15) is 20.3 Å². The van der Waals surface area contributed by atoms with Crippen LogP contribution in [0.4, 0.5) is 0 Å². The minimum Gasteiger partial charge on any atom is -0.304 e. The van der Waals surface area contributed by atoms with Gasteiger partial charge in [-0.05, 0) is 33.0 Å². The van der Waals surface area contributed by atoms with Gasteiger partial charge in [-0.2, -0.15) is 0 Å². The zero-order chi connectivity index (χ0) is 6.41. The van der Waals surface area contributed by atoms with Crippen LogP contribution in [0.2, 0.25) is 0 Å². The Balaban J connectivity index is 3.07. The lowest BCUT2D eigenvalue weighted by Crippen LogP contribution is -2.23. The Kier molecular flexibility index (Phi) is 5.08. The number of hydrogen-bond donors (Lipinski definition) is 0. The Bertz CT molecular complexity index is 39.7. The fourth-order valence-corrected chi connectivity index (χ4v) is 0.722. The lowest BCUT2D eigenvalue weighted by molar-refractivity contribution is 0.309. The second-order valence-electron chi connectivity index (χ2n) is 1.82. The maximum Gasteiger partial charge on any atom is -0.00161 e. The molecule has 0 bridgehead atoms. The zero-order valence-corrected chi connectivity index (χ0v) is 5.85. The van der Waals surface area contributed by atoms with Gasteiger partial charge in [0.25, 0.3) is 0 Å². The molecule has 2 radical (unpaired) electrons. The summed E-state index contributed by atoms with van der Waals surface area (Å²) in [5.41, 5.74) is 0. The number of nitrogens with zero attached hydrogens (tertiary/aromatic N) is 1. The van der Waals surface area contributed by atoms with Crippen LogP contribution in [0.5, 0.6) is 0 Å². The van der Waals surface area contributed by atoms with E-state index in [9.17, 15) is 0 Å². The lowest BCUT2D eigenvalue weighted by Gasteiger charge is -2.15. The predicted molar refractivity (Wildman–Crippen MR) is 36.7 cm³/mol. The summed E-state index contributed by atoms with van der Waals surface area (Å²) in [7, 11) is 0. The molecule has 0 atom stereocenters. The van der Waals surface area contributed by atoms with Crippen LogP contribution in [0.3, 0.4) is 0 Å². The molecule has 0 aromatic rings. The molecule has 0 rings (SSSR count). The maximum absolute atomic E-state index is 5.34. The van der Waals surface area contributed by atoms with Crippen molar-refractivity contribution in [3.8, 4) is 0 Å². The van der Waals surface area contributed by atoms with Crippen LogP contribution in [-0.2, 0) is 0 Å².